The molecule has 1 aliphatic rings. The fourth-order valence-electron chi connectivity index (χ4n) is 4.82. The molecule has 10 heteroatoms. The Labute approximate surface area is 239 Å². The van der Waals surface area contributed by atoms with Gasteiger partial charge in [0.05, 0.1) is 16.8 Å². The average Bonchev–Trinajstić information content (AvgIpc) is 3.59. The summed E-state index contributed by atoms with van der Waals surface area (Å²) in [5, 5.41) is 4.39. The van der Waals surface area contributed by atoms with Crippen LogP contribution in [0.25, 0.3) is 10.2 Å². The minimum atomic E-state index is -0.170. The second kappa shape index (κ2) is 11.5. The van der Waals surface area contributed by atoms with Gasteiger partial charge in [-0.3, -0.25) is 19.9 Å². The summed E-state index contributed by atoms with van der Waals surface area (Å²) in [5.41, 5.74) is 4.17. The van der Waals surface area contributed by atoms with E-state index in [-0.39, 0.29) is 11.7 Å². The van der Waals surface area contributed by atoms with Crippen molar-refractivity contribution in [1.82, 2.24) is 15.0 Å². The highest BCUT2D eigenvalue weighted by Crippen LogP contribution is 2.33. The number of anilines is 2. The average molecular weight is 570 g/mol. The number of ketones is 1. The number of ether oxygens (including phenoxy) is 1. The molecule has 0 atom stereocenters. The quantitative estimate of drug-likeness (QED) is 0.167. The summed E-state index contributed by atoms with van der Waals surface area (Å²) < 4.78 is 6.82. The van der Waals surface area contributed by atoms with Crippen molar-refractivity contribution >= 4 is 54.8 Å². The molecule has 1 aliphatic heterocycles. The maximum atomic E-state index is 13.4. The molecular weight excluding hydrogens is 542 g/mol. The molecule has 0 aliphatic carbocycles. The highest BCUT2D eigenvalue weighted by molar-refractivity contribution is 7.22. The Morgan fingerprint density at radius 3 is 2.70 bits per heavy atom. The van der Waals surface area contributed by atoms with E-state index in [0.29, 0.717) is 36.0 Å². The Hall–Kier alpha value is -4.15. The maximum Gasteiger partial charge on any atom is 0.257 e. The van der Waals surface area contributed by atoms with Crippen LogP contribution in [0, 0.1) is 0 Å². The SMILES string of the molecule is CC(=O)c1nc(N2CCc3cccc(C(=O)Nc4nc5ccccc5s4)c3C2)sc1CCCOc1ccncc1. The number of carbonyl (C=O) groups excluding carboxylic acids is 2. The number of nitrogens with one attached hydrogen (secondary N) is 1. The molecule has 40 heavy (non-hydrogen) atoms. The second-order valence-corrected chi connectivity index (χ2v) is 11.6. The molecule has 4 heterocycles. The number of thiazole rings is 2. The third kappa shape index (κ3) is 5.59. The topological polar surface area (TPSA) is 97.3 Å². The van der Waals surface area contributed by atoms with E-state index >= 15 is 0 Å². The lowest BCUT2D eigenvalue weighted by molar-refractivity contribution is 0.100. The van der Waals surface area contributed by atoms with Gasteiger partial charge in [-0.25, -0.2) is 9.97 Å². The van der Waals surface area contributed by atoms with Crippen molar-refractivity contribution in [2.24, 2.45) is 0 Å². The molecule has 3 aromatic heterocycles. The van der Waals surface area contributed by atoms with Crippen molar-refractivity contribution in [1.29, 1.82) is 0 Å². The minimum absolute atomic E-state index is 0.0409. The standard InChI is InChI=1S/C30H27N5O3S2/c1-19(36)27-26(10-5-17-38-21-11-14-31-15-12-21)40-30(33-27)35-16-13-20-6-4-7-22(23(20)18-35)28(37)34-29-32-24-8-2-3-9-25(24)39-29/h2-4,6-9,11-12,14-15H,5,10,13,16-18H2,1H3,(H,32,34,37). The van der Waals surface area contributed by atoms with E-state index in [4.69, 9.17) is 9.72 Å². The summed E-state index contributed by atoms with van der Waals surface area (Å²) in [5.74, 6) is 0.568. The smallest absolute Gasteiger partial charge is 0.257 e. The van der Waals surface area contributed by atoms with Crippen LogP contribution < -0.4 is 15.0 Å². The number of fused-ring (bicyclic) bond motifs is 2. The zero-order chi connectivity index (χ0) is 27.5. The van der Waals surface area contributed by atoms with Crippen molar-refractivity contribution < 1.29 is 14.3 Å². The van der Waals surface area contributed by atoms with Crippen LogP contribution in [0.5, 0.6) is 5.75 Å². The third-order valence-corrected chi connectivity index (χ3v) is 8.92. The zero-order valence-corrected chi connectivity index (χ0v) is 23.6. The number of hydrogen-bond donors (Lipinski definition) is 1. The number of nitrogens with zero attached hydrogens (tertiary/aromatic N) is 4. The number of aromatic nitrogens is 3. The van der Waals surface area contributed by atoms with Gasteiger partial charge in [-0.15, -0.1) is 11.3 Å². The summed E-state index contributed by atoms with van der Waals surface area (Å²) in [7, 11) is 0. The molecular formula is C30H27N5O3S2. The van der Waals surface area contributed by atoms with Gasteiger partial charge < -0.3 is 9.64 Å². The molecule has 0 unspecified atom stereocenters. The number of benzene rings is 2. The number of hydrogen-bond acceptors (Lipinski definition) is 9. The van der Waals surface area contributed by atoms with Crippen molar-refractivity contribution in [3.63, 3.8) is 0 Å². The number of para-hydroxylation sites is 1. The van der Waals surface area contributed by atoms with Crippen LogP contribution in [0.3, 0.4) is 0 Å². The largest absolute Gasteiger partial charge is 0.493 e. The first-order chi connectivity index (χ1) is 19.5. The van der Waals surface area contributed by atoms with Crippen LogP contribution in [0.4, 0.5) is 10.3 Å². The lowest BCUT2D eigenvalue weighted by atomic mass is 9.94. The Bertz CT molecular complexity index is 1650. The van der Waals surface area contributed by atoms with Gasteiger partial charge in [0.25, 0.3) is 5.91 Å². The highest BCUT2D eigenvalue weighted by Gasteiger charge is 2.26. The molecule has 2 aromatic carbocycles. The van der Waals surface area contributed by atoms with Crippen LogP contribution in [-0.2, 0) is 19.4 Å². The van der Waals surface area contributed by atoms with E-state index < -0.39 is 0 Å². The Balaban J connectivity index is 1.17. The number of Topliss-reactive ketones (excluding diaryl/α,β-unsaturated/α-hetero) is 1. The van der Waals surface area contributed by atoms with Crippen LogP contribution in [0.2, 0.25) is 0 Å². The molecule has 0 bridgehead atoms. The second-order valence-electron chi connectivity index (χ2n) is 9.52. The first kappa shape index (κ1) is 26.1. The van der Waals surface area contributed by atoms with Gasteiger partial charge in [0.2, 0.25) is 0 Å². The lowest BCUT2D eigenvalue weighted by Gasteiger charge is -2.29. The Kier molecular flexibility index (Phi) is 7.52. The molecule has 0 saturated heterocycles. The third-order valence-electron chi connectivity index (χ3n) is 6.79. The van der Waals surface area contributed by atoms with Crippen molar-refractivity contribution in [2.75, 3.05) is 23.4 Å². The predicted molar refractivity (Wildman–Crippen MR) is 159 cm³/mol. The maximum absolute atomic E-state index is 13.4. The van der Waals surface area contributed by atoms with Crippen molar-refractivity contribution in [3.05, 3.63) is 94.3 Å². The highest BCUT2D eigenvalue weighted by atomic mass is 32.1. The molecule has 0 fully saturated rings. The summed E-state index contributed by atoms with van der Waals surface area (Å²) >= 11 is 3.02. The number of carbonyl (C=O) groups is 2. The van der Waals surface area contributed by atoms with E-state index in [1.54, 1.807) is 30.7 Å². The summed E-state index contributed by atoms with van der Waals surface area (Å²) in [4.78, 5) is 42.2. The van der Waals surface area contributed by atoms with Gasteiger partial charge in [-0.1, -0.05) is 35.6 Å². The van der Waals surface area contributed by atoms with Crippen LogP contribution in [-0.4, -0.2) is 39.8 Å². The van der Waals surface area contributed by atoms with Crippen LogP contribution >= 0.6 is 22.7 Å². The molecule has 1 amide bonds. The molecule has 0 saturated carbocycles. The summed E-state index contributed by atoms with van der Waals surface area (Å²) in [6.45, 7) is 3.42. The van der Waals surface area contributed by atoms with E-state index in [1.807, 2.05) is 48.5 Å². The number of aryl methyl sites for hydroxylation is 1. The molecule has 202 valence electrons. The van der Waals surface area contributed by atoms with Gasteiger partial charge in [-0.2, -0.15) is 0 Å². The normalized spacial score (nSPS) is 12.8. The predicted octanol–water partition coefficient (Wildman–Crippen LogP) is 6.18. The lowest BCUT2D eigenvalue weighted by Crippen LogP contribution is -2.32. The molecule has 0 spiro atoms. The molecule has 8 nitrogen and oxygen atoms in total. The first-order valence-electron chi connectivity index (χ1n) is 13.1. The molecule has 5 aromatic rings. The first-order valence-corrected chi connectivity index (χ1v) is 14.7. The Morgan fingerprint density at radius 1 is 1.02 bits per heavy atom. The Morgan fingerprint density at radius 2 is 1.88 bits per heavy atom. The zero-order valence-electron chi connectivity index (χ0n) is 21.9. The minimum Gasteiger partial charge on any atom is -0.493 e. The number of rotatable bonds is 9. The van der Waals surface area contributed by atoms with Gasteiger partial charge >= 0.3 is 0 Å². The molecule has 6 rings (SSSR count). The fourth-order valence-corrected chi connectivity index (χ4v) is 6.86. The summed E-state index contributed by atoms with van der Waals surface area (Å²) in [6, 6.07) is 17.4. The fraction of sp³-hybridized carbons (Fsp3) is 0.233. The molecule has 0 radical (unpaired) electrons. The molecule has 1 N–H and O–H groups in total. The van der Waals surface area contributed by atoms with E-state index in [2.05, 4.69) is 26.3 Å². The van der Waals surface area contributed by atoms with Gasteiger partial charge in [0, 0.05) is 42.8 Å². The van der Waals surface area contributed by atoms with Crippen molar-refractivity contribution in [3.8, 4) is 5.75 Å². The van der Waals surface area contributed by atoms with Crippen molar-refractivity contribution in [2.45, 2.75) is 32.7 Å². The van der Waals surface area contributed by atoms with E-state index in [1.165, 1.54) is 11.3 Å². The number of pyridine rings is 1. The van der Waals surface area contributed by atoms with Crippen LogP contribution in [0.15, 0.2) is 67.0 Å². The monoisotopic (exact) mass is 569 g/mol. The number of amides is 1. The van der Waals surface area contributed by atoms with Gasteiger partial charge in [0.1, 0.15) is 11.4 Å². The van der Waals surface area contributed by atoms with Crippen LogP contribution in [0.1, 0.15) is 50.2 Å². The summed E-state index contributed by atoms with van der Waals surface area (Å²) in [6.07, 6.45) is 5.67. The van der Waals surface area contributed by atoms with Gasteiger partial charge in [0.15, 0.2) is 16.0 Å². The van der Waals surface area contributed by atoms with E-state index in [0.717, 1.165) is 56.5 Å². The van der Waals surface area contributed by atoms with E-state index in [9.17, 15) is 9.59 Å². The van der Waals surface area contributed by atoms with Gasteiger partial charge in [-0.05, 0) is 60.7 Å².